The van der Waals surface area contributed by atoms with E-state index in [1.54, 1.807) is 16.2 Å². The quantitative estimate of drug-likeness (QED) is 0.695. The predicted octanol–water partition coefficient (Wildman–Crippen LogP) is 4.10. The Morgan fingerprint density at radius 3 is 2.52 bits per heavy atom. The van der Waals surface area contributed by atoms with Crippen LogP contribution >= 0.6 is 11.3 Å². The first kappa shape index (κ1) is 19.3. The Balaban J connectivity index is 1.34. The van der Waals surface area contributed by atoms with Crippen LogP contribution in [0, 0.1) is 19.8 Å². The average molecular weight is 406 g/mol. The lowest BCUT2D eigenvalue weighted by atomic mass is 10.1. The van der Waals surface area contributed by atoms with Gasteiger partial charge in [-0.3, -0.25) is 9.59 Å². The molecule has 2 heterocycles. The third kappa shape index (κ3) is 4.38. The molecule has 4 rings (SSSR count). The van der Waals surface area contributed by atoms with Crippen LogP contribution in [-0.2, 0) is 16.1 Å². The number of nitrogens with zero attached hydrogens (tertiary/aromatic N) is 2. The molecule has 0 aliphatic carbocycles. The zero-order valence-electron chi connectivity index (χ0n) is 16.5. The van der Waals surface area contributed by atoms with Gasteiger partial charge >= 0.3 is 0 Å². The van der Waals surface area contributed by atoms with Crippen LogP contribution in [0.15, 0.2) is 53.9 Å². The summed E-state index contributed by atoms with van der Waals surface area (Å²) < 4.78 is 0. The summed E-state index contributed by atoms with van der Waals surface area (Å²) in [6, 6.07) is 15.9. The number of nitrogens with one attached hydrogen (secondary N) is 1. The summed E-state index contributed by atoms with van der Waals surface area (Å²) in [7, 11) is 0. The van der Waals surface area contributed by atoms with Crippen LogP contribution in [0.2, 0.25) is 0 Å². The van der Waals surface area contributed by atoms with Gasteiger partial charge in [0.2, 0.25) is 11.8 Å². The van der Waals surface area contributed by atoms with Gasteiger partial charge < -0.3 is 10.2 Å². The Labute approximate surface area is 174 Å². The first-order valence-electron chi connectivity index (χ1n) is 9.66. The molecule has 1 N–H and O–H groups in total. The molecule has 1 aliphatic rings. The molecule has 2 amide bonds. The molecule has 0 spiro atoms. The molecule has 1 aliphatic heterocycles. The van der Waals surface area contributed by atoms with Gasteiger partial charge in [-0.15, -0.1) is 11.3 Å². The normalized spacial score (nSPS) is 16.3. The molecule has 1 fully saturated rings. The highest BCUT2D eigenvalue weighted by Crippen LogP contribution is 2.26. The molecule has 6 heteroatoms. The monoisotopic (exact) mass is 405 g/mol. The Morgan fingerprint density at radius 1 is 1.14 bits per heavy atom. The second-order valence-electron chi connectivity index (χ2n) is 7.41. The fourth-order valence-electron chi connectivity index (χ4n) is 3.48. The second-order valence-corrected chi connectivity index (χ2v) is 8.47. The third-order valence-electron chi connectivity index (χ3n) is 5.18. The molecule has 1 atom stereocenters. The Morgan fingerprint density at radius 2 is 1.86 bits per heavy atom. The van der Waals surface area contributed by atoms with Crippen LogP contribution in [0.4, 0.5) is 5.69 Å². The van der Waals surface area contributed by atoms with Crippen molar-refractivity contribution in [2.75, 3.05) is 11.4 Å². The van der Waals surface area contributed by atoms with E-state index in [0.717, 1.165) is 33.1 Å². The number of carbonyl (C=O) groups excluding carboxylic acids is 2. The molecule has 2 aromatic carbocycles. The summed E-state index contributed by atoms with van der Waals surface area (Å²) in [4.78, 5) is 31.1. The molecule has 3 aromatic rings. The minimum atomic E-state index is -0.318. The molecule has 1 saturated heterocycles. The molecule has 1 unspecified atom stereocenters. The molecule has 29 heavy (non-hydrogen) atoms. The van der Waals surface area contributed by atoms with E-state index in [4.69, 9.17) is 0 Å². The van der Waals surface area contributed by atoms with Gasteiger partial charge in [-0.1, -0.05) is 42.0 Å². The van der Waals surface area contributed by atoms with E-state index < -0.39 is 0 Å². The molecule has 0 bridgehead atoms. The highest BCUT2D eigenvalue weighted by atomic mass is 32.1. The van der Waals surface area contributed by atoms with Crippen LogP contribution in [0.1, 0.15) is 22.6 Å². The van der Waals surface area contributed by atoms with Crippen molar-refractivity contribution in [2.24, 2.45) is 5.92 Å². The number of anilines is 1. The maximum absolute atomic E-state index is 12.6. The molecule has 0 saturated carbocycles. The number of rotatable bonds is 5. The average Bonchev–Trinajstić information content (AvgIpc) is 3.33. The zero-order chi connectivity index (χ0) is 20.4. The Bertz CT molecular complexity index is 1030. The molecule has 0 radical (unpaired) electrons. The van der Waals surface area contributed by atoms with Crippen LogP contribution < -0.4 is 10.2 Å². The summed E-state index contributed by atoms with van der Waals surface area (Å²) in [5.41, 5.74) is 5.06. The molecular weight excluding hydrogens is 382 g/mol. The summed E-state index contributed by atoms with van der Waals surface area (Å²) in [6.45, 7) is 4.88. The van der Waals surface area contributed by atoms with Crippen molar-refractivity contribution in [3.8, 4) is 11.3 Å². The van der Waals surface area contributed by atoms with E-state index in [2.05, 4.69) is 10.3 Å². The summed E-state index contributed by atoms with van der Waals surface area (Å²) in [5.74, 6) is -0.398. The van der Waals surface area contributed by atoms with Crippen LogP contribution in [0.5, 0.6) is 0 Å². The SMILES string of the molecule is Cc1ccc(N2CC(C(=O)NCc3ccc(-c4csc(C)n4)cc3)CC2=O)cc1. The van der Waals surface area contributed by atoms with Crippen molar-refractivity contribution < 1.29 is 9.59 Å². The van der Waals surface area contributed by atoms with Crippen LogP contribution in [0.25, 0.3) is 11.3 Å². The molecule has 1 aromatic heterocycles. The number of carbonyl (C=O) groups is 2. The predicted molar refractivity (Wildman–Crippen MR) is 116 cm³/mol. The van der Waals surface area contributed by atoms with Crippen molar-refractivity contribution in [3.63, 3.8) is 0 Å². The van der Waals surface area contributed by atoms with Crippen molar-refractivity contribution >= 4 is 28.8 Å². The number of amides is 2. The van der Waals surface area contributed by atoms with E-state index in [1.807, 2.05) is 67.8 Å². The molecule has 148 valence electrons. The third-order valence-corrected chi connectivity index (χ3v) is 5.95. The summed E-state index contributed by atoms with van der Waals surface area (Å²) >= 11 is 1.63. The van der Waals surface area contributed by atoms with Gasteiger partial charge in [-0.2, -0.15) is 0 Å². The standard InChI is InChI=1S/C23H23N3O2S/c1-15-3-9-20(10-4-15)26-13-19(11-22(26)27)23(28)24-12-17-5-7-18(8-6-17)21-14-29-16(2)25-21/h3-10,14,19H,11-13H2,1-2H3,(H,24,28). The maximum Gasteiger partial charge on any atom is 0.227 e. The Kier molecular flexibility index (Phi) is 5.45. The van der Waals surface area contributed by atoms with E-state index >= 15 is 0 Å². The largest absolute Gasteiger partial charge is 0.352 e. The number of hydrogen-bond donors (Lipinski definition) is 1. The number of benzene rings is 2. The number of aromatic nitrogens is 1. The van der Waals surface area contributed by atoms with Gasteiger partial charge in [0.05, 0.1) is 16.6 Å². The smallest absolute Gasteiger partial charge is 0.227 e. The van der Waals surface area contributed by atoms with Gasteiger partial charge in [0.25, 0.3) is 0 Å². The van der Waals surface area contributed by atoms with E-state index in [-0.39, 0.29) is 24.2 Å². The fraction of sp³-hybridized carbons (Fsp3) is 0.261. The lowest BCUT2D eigenvalue weighted by molar-refractivity contribution is -0.126. The van der Waals surface area contributed by atoms with Crippen molar-refractivity contribution in [1.82, 2.24) is 10.3 Å². The fourth-order valence-corrected chi connectivity index (χ4v) is 4.10. The second kappa shape index (κ2) is 8.17. The maximum atomic E-state index is 12.6. The first-order valence-corrected chi connectivity index (χ1v) is 10.5. The van der Waals surface area contributed by atoms with E-state index in [1.165, 1.54) is 0 Å². The number of thiazole rings is 1. The lowest BCUT2D eigenvalue weighted by Crippen LogP contribution is -2.32. The highest BCUT2D eigenvalue weighted by Gasteiger charge is 2.34. The van der Waals surface area contributed by atoms with Gasteiger partial charge in [0, 0.05) is 36.1 Å². The Hall–Kier alpha value is -2.99. The zero-order valence-corrected chi connectivity index (χ0v) is 17.3. The van der Waals surface area contributed by atoms with Crippen molar-refractivity contribution in [1.29, 1.82) is 0 Å². The number of hydrogen-bond acceptors (Lipinski definition) is 4. The van der Waals surface area contributed by atoms with Gasteiger partial charge in [-0.25, -0.2) is 4.98 Å². The minimum absolute atomic E-state index is 0.00286. The highest BCUT2D eigenvalue weighted by molar-refractivity contribution is 7.09. The van der Waals surface area contributed by atoms with E-state index in [9.17, 15) is 9.59 Å². The lowest BCUT2D eigenvalue weighted by Gasteiger charge is -2.17. The summed E-state index contributed by atoms with van der Waals surface area (Å²) in [5, 5.41) is 6.06. The van der Waals surface area contributed by atoms with E-state index in [0.29, 0.717) is 13.1 Å². The topological polar surface area (TPSA) is 62.3 Å². The number of aryl methyl sites for hydroxylation is 2. The van der Waals surface area contributed by atoms with Crippen molar-refractivity contribution in [2.45, 2.75) is 26.8 Å². The minimum Gasteiger partial charge on any atom is -0.352 e. The van der Waals surface area contributed by atoms with Crippen LogP contribution in [0.3, 0.4) is 0 Å². The summed E-state index contributed by atoms with van der Waals surface area (Å²) in [6.07, 6.45) is 0.252. The first-order chi connectivity index (χ1) is 14.0. The van der Waals surface area contributed by atoms with Gasteiger partial charge in [0.15, 0.2) is 0 Å². The molecular formula is C23H23N3O2S. The van der Waals surface area contributed by atoms with Gasteiger partial charge in [0.1, 0.15) is 0 Å². The molecule has 5 nitrogen and oxygen atoms in total. The van der Waals surface area contributed by atoms with Crippen LogP contribution in [-0.4, -0.2) is 23.3 Å². The van der Waals surface area contributed by atoms with Gasteiger partial charge in [-0.05, 0) is 31.5 Å². The van der Waals surface area contributed by atoms with Crippen molar-refractivity contribution in [3.05, 3.63) is 70.0 Å².